The monoisotopic (exact) mass is 333 g/mol. The van der Waals surface area contributed by atoms with E-state index in [1.54, 1.807) is 0 Å². The Morgan fingerprint density at radius 1 is 1.21 bits per heavy atom. The maximum absolute atomic E-state index is 12.7. The maximum Gasteiger partial charge on any atom is 0.276 e. The number of rotatable bonds is 4. The lowest BCUT2D eigenvalue weighted by atomic mass is 10.1. The second-order valence-corrected chi connectivity index (χ2v) is 7.37. The summed E-state index contributed by atoms with van der Waals surface area (Å²) in [5.41, 5.74) is 1.45. The molecule has 4 rings (SSSR count). The average Bonchev–Trinajstić information content (AvgIpc) is 3.18. The summed E-state index contributed by atoms with van der Waals surface area (Å²) in [6, 6.07) is 0.478. The molecule has 3 aliphatic rings. The average molecular weight is 333 g/mol. The normalized spacial score (nSPS) is 23.6. The van der Waals surface area contributed by atoms with E-state index in [9.17, 15) is 4.79 Å². The van der Waals surface area contributed by atoms with E-state index < -0.39 is 0 Å². The molecule has 1 aromatic rings. The molecule has 24 heavy (non-hydrogen) atoms. The summed E-state index contributed by atoms with van der Waals surface area (Å²) >= 11 is 0. The summed E-state index contributed by atoms with van der Waals surface area (Å²) < 4.78 is 7.32. The molecule has 1 saturated carbocycles. The minimum atomic E-state index is 0.0367. The van der Waals surface area contributed by atoms with Gasteiger partial charge in [-0.3, -0.25) is 9.69 Å². The molecule has 7 heteroatoms. The standard InChI is InChI=1S/C17H27N5O2/c1-13-16(18-19-22(13)10-14-4-2-3-5-14)17(23)21-11-15(12-21)20-6-8-24-9-7-20/h14-15H,2-12H2,1H3. The van der Waals surface area contributed by atoms with Crippen molar-refractivity contribution < 1.29 is 9.53 Å². The molecule has 0 radical (unpaired) electrons. The van der Waals surface area contributed by atoms with Crippen LogP contribution in [0.1, 0.15) is 41.9 Å². The van der Waals surface area contributed by atoms with Gasteiger partial charge >= 0.3 is 0 Å². The number of ether oxygens (including phenoxy) is 1. The fraction of sp³-hybridized carbons (Fsp3) is 0.824. The van der Waals surface area contributed by atoms with Crippen molar-refractivity contribution in [1.82, 2.24) is 24.8 Å². The van der Waals surface area contributed by atoms with E-state index in [-0.39, 0.29) is 5.91 Å². The third kappa shape index (κ3) is 3.07. The number of carbonyl (C=O) groups is 1. The first-order valence-electron chi connectivity index (χ1n) is 9.23. The zero-order valence-corrected chi connectivity index (χ0v) is 14.5. The summed E-state index contributed by atoms with van der Waals surface area (Å²) in [7, 11) is 0. The van der Waals surface area contributed by atoms with Crippen molar-refractivity contribution in [2.24, 2.45) is 5.92 Å². The van der Waals surface area contributed by atoms with Crippen LogP contribution in [-0.4, -0.2) is 76.1 Å². The van der Waals surface area contributed by atoms with Gasteiger partial charge in [-0.2, -0.15) is 0 Å². The van der Waals surface area contributed by atoms with Gasteiger partial charge in [-0.1, -0.05) is 18.1 Å². The quantitative estimate of drug-likeness (QED) is 0.820. The highest BCUT2D eigenvalue weighted by Gasteiger charge is 2.37. The van der Waals surface area contributed by atoms with E-state index >= 15 is 0 Å². The van der Waals surface area contributed by atoms with Crippen molar-refractivity contribution in [3.05, 3.63) is 11.4 Å². The van der Waals surface area contributed by atoms with Crippen molar-refractivity contribution in [1.29, 1.82) is 0 Å². The number of amides is 1. The summed E-state index contributed by atoms with van der Waals surface area (Å²) in [5.74, 6) is 0.734. The number of carbonyl (C=O) groups excluding carboxylic acids is 1. The largest absolute Gasteiger partial charge is 0.379 e. The number of hydrogen-bond acceptors (Lipinski definition) is 5. The van der Waals surface area contributed by atoms with Gasteiger partial charge in [0.05, 0.1) is 18.9 Å². The lowest BCUT2D eigenvalue weighted by molar-refractivity contribution is -0.0257. The van der Waals surface area contributed by atoms with Gasteiger partial charge in [0.25, 0.3) is 5.91 Å². The predicted molar refractivity (Wildman–Crippen MR) is 88.8 cm³/mol. The third-order valence-corrected chi connectivity index (χ3v) is 5.80. The zero-order valence-electron chi connectivity index (χ0n) is 14.5. The minimum Gasteiger partial charge on any atom is -0.379 e. The first kappa shape index (κ1) is 16.0. The number of hydrogen-bond donors (Lipinski definition) is 0. The van der Waals surface area contributed by atoms with Crippen LogP contribution in [0.3, 0.4) is 0 Å². The molecule has 3 fully saturated rings. The Kier molecular flexibility index (Phi) is 4.54. The van der Waals surface area contributed by atoms with Crippen molar-refractivity contribution in [3.8, 4) is 0 Å². The van der Waals surface area contributed by atoms with E-state index in [1.807, 2.05) is 16.5 Å². The second kappa shape index (κ2) is 6.80. The highest BCUT2D eigenvalue weighted by Crippen LogP contribution is 2.27. The van der Waals surface area contributed by atoms with Gasteiger partial charge in [0.2, 0.25) is 0 Å². The van der Waals surface area contributed by atoms with Gasteiger partial charge in [0.15, 0.2) is 5.69 Å². The van der Waals surface area contributed by atoms with Crippen molar-refractivity contribution in [2.45, 2.75) is 45.2 Å². The van der Waals surface area contributed by atoms with E-state index in [4.69, 9.17) is 4.74 Å². The van der Waals surface area contributed by atoms with E-state index in [0.29, 0.717) is 17.7 Å². The molecule has 7 nitrogen and oxygen atoms in total. The summed E-state index contributed by atoms with van der Waals surface area (Å²) in [6.07, 6.45) is 5.19. The van der Waals surface area contributed by atoms with Gasteiger partial charge in [0, 0.05) is 38.8 Å². The topological polar surface area (TPSA) is 63.5 Å². The molecule has 1 aliphatic carbocycles. The molecular weight excluding hydrogens is 306 g/mol. The van der Waals surface area contributed by atoms with Crippen LogP contribution in [-0.2, 0) is 11.3 Å². The van der Waals surface area contributed by atoms with E-state index in [0.717, 1.165) is 51.6 Å². The zero-order chi connectivity index (χ0) is 16.5. The van der Waals surface area contributed by atoms with E-state index in [2.05, 4.69) is 15.2 Å². The Bertz CT molecular complexity index is 584. The molecule has 2 aliphatic heterocycles. The second-order valence-electron chi connectivity index (χ2n) is 7.37. The Labute approximate surface area is 142 Å². The number of morpholine rings is 1. The molecular formula is C17H27N5O2. The highest BCUT2D eigenvalue weighted by atomic mass is 16.5. The molecule has 132 valence electrons. The Morgan fingerprint density at radius 2 is 1.92 bits per heavy atom. The number of likely N-dealkylation sites (tertiary alicyclic amines) is 1. The molecule has 0 N–H and O–H groups in total. The van der Waals surface area contributed by atoms with Gasteiger partial charge in [-0.25, -0.2) is 4.68 Å². The first-order valence-corrected chi connectivity index (χ1v) is 9.23. The Morgan fingerprint density at radius 3 is 2.62 bits per heavy atom. The molecule has 1 aromatic heterocycles. The van der Waals surface area contributed by atoms with Crippen molar-refractivity contribution >= 4 is 5.91 Å². The van der Waals surface area contributed by atoms with Crippen LogP contribution >= 0.6 is 0 Å². The number of nitrogens with zero attached hydrogens (tertiary/aromatic N) is 5. The molecule has 0 bridgehead atoms. The van der Waals surface area contributed by atoms with Crippen LogP contribution in [0.5, 0.6) is 0 Å². The lowest BCUT2D eigenvalue weighted by Gasteiger charge is -2.46. The Balaban J connectivity index is 1.34. The van der Waals surface area contributed by atoms with Crippen LogP contribution < -0.4 is 0 Å². The molecule has 0 aromatic carbocycles. The summed E-state index contributed by atoms with van der Waals surface area (Å²) in [5, 5.41) is 8.43. The molecule has 1 amide bonds. The first-order chi connectivity index (χ1) is 11.7. The van der Waals surface area contributed by atoms with Crippen LogP contribution in [0.4, 0.5) is 0 Å². The highest BCUT2D eigenvalue weighted by molar-refractivity contribution is 5.93. The molecule has 0 atom stereocenters. The molecule has 3 heterocycles. The van der Waals surface area contributed by atoms with Gasteiger partial charge in [-0.15, -0.1) is 5.10 Å². The molecule has 2 saturated heterocycles. The van der Waals surface area contributed by atoms with E-state index in [1.165, 1.54) is 25.7 Å². The van der Waals surface area contributed by atoms with Gasteiger partial charge in [-0.05, 0) is 25.7 Å². The van der Waals surface area contributed by atoms with Crippen LogP contribution in [0.25, 0.3) is 0 Å². The van der Waals surface area contributed by atoms with Crippen LogP contribution in [0.2, 0.25) is 0 Å². The smallest absolute Gasteiger partial charge is 0.276 e. The fourth-order valence-corrected chi connectivity index (χ4v) is 4.11. The Hall–Kier alpha value is -1.47. The van der Waals surface area contributed by atoms with Gasteiger partial charge in [0.1, 0.15) is 0 Å². The lowest BCUT2D eigenvalue weighted by Crippen LogP contribution is -2.62. The fourth-order valence-electron chi connectivity index (χ4n) is 4.11. The summed E-state index contributed by atoms with van der Waals surface area (Å²) in [4.78, 5) is 17.0. The molecule has 0 spiro atoms. The SMILES string of the molecule is Cc1c(C(=O)N2CC(N3CCOCC3)C2)nnn1CC1CCCC1. The predicted octanol–water partition coefficient (Wildman–Crippen LogP) is 0.933. The molecule has 0 unspecified atom stereocenters. The summed E-state index contributed by atoms with van der Waals surface area (Å²) in [6.45, 7) is 8.04. The van der Waals surface area contributed by atoms with Crippen molar-refractivity contribution in [2.75, 3.05) is 39.4 Å². The minimum absolute atomic E-state index is 0.0367. The van der Waals surface area contributed by atoms with Gasteiger partial charge < -0.3 is 9.64 Å². The maximum atomic E-state index is 12.7. The third-order valence-electron chi connectivity index (χ3n) is 5.80. The number of aromatic nitrogens is 3. The van der Waals surface area contributed by atoms with Crippen LogP contribution in [0.15, 0.2) is 0 Å². The van der Waals surface area contributed by atoms with Crippen LogP contribution in [0, 0.1) is 12.8 Å². The van der Waals surface area contributed by atoms with Crippen molar-refractivity contribution in [3.63, 3.8) is 0 Å².